The van der Waals surface area contributed by atoms with Crippen molar-refractivity contribution in [2.45, 2.75) is 91.5 Å². The molecule has 1 aromatic carbocycles. The molecule has 1 aromatic rings. The van der Waals surface area contributed by atoms with Crippen molar-refractivity contribution in [3.63, 3.8) is 0 Å². The van der Waals surface area contributed by atoms with Crippen molar-refractivity contribution >= 4 is 36.5 Å². The van der Waals surface area contributed by atoms with Crippen molar-refractivity contribution in [3.05, 3.63) is 35.4 Å². The molecular weight excluding hydrogens is 494 g/mol. The second-order valence-corrected chi connectivity index (χ2v) is 10.7. The molecule has 0 spiro atoms. The lowest BCUT2D eigenvalue weighted by Crippen LogP contribution is -2.60. The summed E-state index contributed by atoms with van der Waals surface area (Å²) in [6.07, 6.45) is -0.214. The number of ether oxygens (including phenoxy) is 2. The quantitative estimate of drug-likeness (QED) is 0.275. The molecular formula is C27H43N3O6S. The molecule has 0 aliphatic carbocycles. The molecule has 0 saturated heterocycles. The van der Waals surface area contributed by atoms with Crippen molar-refractivity contribution in [1.82, 2.24) is 15.5 Å². The van der Waals surface area contributed by atoms with E-state index in [1.807, 2.05) is 39.8 Å². The van der Waals surface area contributed by atoms with Crippen LogP contribution in [0.5, 0.6) is 0 Å². The first-order valence-corrected chi connectivity index (χ1v) is 13.2. The topological polar surface area (TPSA) is 114 Å². The minimum Gasteiger partial charge on any atom is -0.466 e. The van der Waals surface area contributed by atoms with Gasteiger partial charge < -0.3 is 25.0 Å². The van der Waals surface area contributed by atoms with E-state index in [1.54, 1.807) is 39.8 Å². The number of amides is 3. The first kappa shape index (κ1) is 32.3. The van der Waals surface area contributed by atoms with Crippen LogP contribution >= 0.6 is 12.6 Å². The summed E-state index contributed by atoms with van der Waals surface area (Å²) in [6, 6.07) is 5.26. The summed E-state index contributed by atoms with van der Waals surface area (Å²) in [7, 11) is 0. The molecule has 208 valence electrons. The molecule has 2 unspecified atom stereocenters. The zero-order chi connectivity index (χ0) is 28.4. The number of aryl methyl sites for hydroxylation is 1. The summed E-state index contributed by atoms with van der Waals surface area (Å²) in [6.45, 7) is 14.7. The van der Waals surface area contributed by atoms with Crippen LogP contribution < -0.4 is 10.6 Å². The van der Waals surface area contributed by atoms with E-state index in [0.717, 1.165) is 5.56 Å². The normalized spacial score (nSPS) is 13.2. The van der Waals surface area contributed by atoms with Crippen LogP contribution in [0.25, 0.3) is 0 Å². The van der Waals surface area contributed by atoms with Gasteiger partial charge in [-0.05, 0) is 66.0 Å². The Bertz CT molecular complexity index is 944. The van der Waals surface area contributed by atoms with Gasteiger partial charge >= 0.3 is 12.1 Å². The highest BCUT2D eigenvalue weighted by molar-refractivity contribution is 7.80. The fourth-order valence-electron chi connectivity index (χ4n) is 3.66. The summed E-state index contributed by atoms with van der Waals surface area (Å²) >= 11 is 4.32. The molecule has 0 aliphatic rings. The van der Waals surface area contributed by atoms with Crippen LogP contribution in [0.3, 0.4) is 0 Å². The third-order valence-electron chi connectivity index (χ3n) is 5.85. The van der Waals surface area contributed by atoms with Gasteiger partial charge in [-0.15, -0.1) is 0 Å². The van der Waals surface area contributed by atoms with Crippen molar-refractivity contribution in [2.24, 2.45) is 0 Å². The summed E-state index contributed by atoms with van der Waals surface area (Å²) < 4.78 is 10.3. The molecule has 1 rings (SSSR count). The van der Waals surface area contributed by atoms with E-state index in [0.29, 0.717) is 12.0 Å². The first-order valence-electron chi connectivity index (χ1n) is 12.6. The zero-order valence-electron chi connectivity index (χ0n) is 23.3. The summed E-state index contributed by atoms with van der Waals surface area (Å²) in [5.74, 6) is -1.33. The van der Waals surface area contributed by atoms with Crippen LogP contribution in [0.4, 0.5) is 4.79 Å². The minimum absolute atomic E-state index is 0.000655. The van der Waals surface area contributed by atoms with Crippen LogP contribution in [0, 0.1) is 6.92 Å². The van der Waals surface area contributed by atoms with E-state index in [4.69, 9.17) is 9.47 Å². The van der Waals surface area contributed by atoms with Crippen LogP contribution in [-0.4, -0.2) is 64.9 Å². The molecule has 2 N–H and O–H groups in total. The average Bonchev–Trinajstić information content (AvgIpc) is 2.80. The Morgan fingerprint density at radius 1 is 1.05 bits per heavy atom. The Morgan fingerprint density at radius 3 is 2.19 bits per heavy atom. The molecule has 0 heterocycles. The van der Waals surface area contributed by atoms with Gasteiger partial charge in [-0.1, -0.05) is 31.2 Å². The van der Waals surface area contributed by atoms with E-state index in [9.17, 15) is 19.2 Å². The minimum atomic E-state index is -1.04. The second kappa shape index (κ2) is 14.3. The summed E-state index contributed by atoms with van der Waals surface area (Å²) in [5, 5.41) is 5.40. The van der Waals surface area contributed by atoms with Crippen molar-refractivity contribution in [2.75, 3.05) is 18.9 Å². The van der Waals surface area contributed by atoms with Gasteiger partial charge in [0.2, 0.25) is 11.8 Å². The number of hydrogen-bond acceptors (Lipinski definition) is 7. The van der Waals surface area contributed by atoms with E-state index in [-0.39, 0.29) is 25.3 Å². The Labute approximate surface area is 226 Å². The Balaban J connectivity index is 3.46. The van der Waals surface area contributed by atoms with Crippen molar-refractivity contribution in [3.8, 4) is 0 Å². The summed E-state index contributed by atoms with van der Waals surface area (Å²) in [4.78, 5) is 53.5. The SMILES string of the molecule is CCOC(=O)CCNC(=O)C(c1ccccc1C)N(C(=O)C(CS)NC(=O)OC(C)(C)C)C(C)(C)CC. The highest BCUT2D eigenvalue weighted by Crippen LogP contribution is 2.33. The number of thiol groups is 1. The molecule has 0 bridgehead atoms. The lowest BCUT2D eigenvalue weighted by Gasteiger charge is -2.44. The number of carbonyl (C=O) groups excluding carboxylic acids is 4. The number of nitrogens with one attached hydrogen (secondary N) is 2. The maximum absolute atomic E-state index is 14.0. The average molecular weight is 538 g/mol. The number of alkyl carbamates (subject to hydrolysis) is 1. The molecule has 0 saturated carbocycles. The molecule has 2 atom stereocenters. The largest absolute Gasteiger partial charge is 0.466 e. The zero-order valence-corrected chi connectivity index (χ0v) is 24.2. The molecule has 0 aromatic heterocycles. The van der Waals surface area contributed by atoms with Gasteiger partial charge in [0, 0.05) is 17.8 Å². The van der Waals surface area contributed by atoms with Crippen LogP contribution in [0.1, 0.15) is 78.5 Å². The molecule has 37 heavy (non-hydrogen) atoms. The van der Waals surface area contributed by atoms with Crippen molar-refractivity contribution in [1.29, 1.82) is 0 Å². The summed E-state index contributed by atoms with van der Waals surface area (Å²) in [5.41, 5.74) is -0.0696. The van der Waals surface area contributed by atoms with E-state index in [2.05, 4.69) is 23.3 Å². The van der Waals surface area contributed by atoms with Gasteiger partial charge in [-0.3, -0.25) is 14.4 Å². The lowest BCUT2D eigenvalue weighted by atomic mass is 9.90. The number of esters is 1. The molecule has 3 amide bonds. The highest BCUT2D eigenvalue weighted by Gasteiger charge is 2.43. The third kappa shape index (κ3) is 9.91. The van der Waals surface area contributed by atoms with E-state index in [1.165, 1.54) is 4.90 Å². The fourth-order valence-corrected chi connectivity index (χ4v) is 3.90. The van der Waals surface area contributed by atoms with Crippen LogP contribution in [0.2, 0.25) is 0 Å². The van der Waals surface area contributed by atoms with Gasteiger partial charge in [0.25, 0.3) is 0 Å². The maximum atomic E-state index is 14.0. The standard InChI is InChI=1S/C27H43N3O6S/c1-9-27(7,8)30(24(33)20(17-37)29-25(34)36-26(4,5)6)22(19-14-12-11-13-18(19)3)23(32)28-16-15-21(31)35-10-2/h11-14,20,22,37H,9-10,15-17H2,1-8H3,(H,28,32)(H,29,34). The van der Waals surface area contributed by atoms with Gasteiger partial charge in [-0.2, -0.15) is 12.6 Å². The molecule has 0 fully saturated rings. The predicted molar refractivity (Wildman–Crippen MR) is 146 cm³/mol. The van der Waals surface area contributed by atoms with E-state index < -0.39 is 47.1 Å². The van der Waals surface area contributed by atoms with Gasteiger partial charge in [0.15, 0.2) is 0 Å². The predicted octanol–water partition coefficient (Wildman–Crippen LogP) is 3.95. The van der Waals surface area contributed by atoms with E-state index >= 15 is 0 Å². The Morgan fingerprint density at radius 2 is 1.68 bits per heavy atom. The third-order valence-corrected chi connectivity index (χ3v) is 6.21. The Kier molecular flexibility index (Phi) is 12.4. The lowest BCUT2D eigenvalue weighted by molar-refractivity contribution is -0.149. The maximum Gasteiger partial charge on any atom is 0.408 e. The van der Waals surface area contributed by atoms with Crippen molar-refractivity contribution < 1.29 is 28.7 Å². The monoisotopic (exact) mass is 537 g/mol. The number of carbonyl (C=O) groups is 4. The number of nitrogens with zero attached hydrogens (tertiary/aromatic N) is 1. The molecule has 0 aliphatic heterocycles. The smallest absolute Gasteiger partial charge is 0.408 e. The van der Waals surface area contributed by atoms with Gasteiger partial charge in [0.05, 0.1) is 13.0 Å². The van der Waals surface area contributed by atoms with Gasteiger partial charge in [-0.25, -0.2) is 4.79 Å². The Hall–Kier alpha value is -2.75. The highest BCUT2D eigenvalue weighted by atomic mass is 32.1. The molecule has 9 nitrogen and oxygen atoms in total. The molecule has 10 heteroatoms. The van der Waals surface area contributed by atoms with Crippen LogP contribution in [0.15, 0.2) is 24.3 Å². The van der Waals surface area contributed by atoms with Gasteiger partial charge in [0.1, 0.15) is 17.7 Å². The second-order valence-electron chi connectivity index (χ2n) is 10.4. The fraction of sp³-hybridized carbons (Fsp3) is 0.630. The number of rotatable bonds is 12. The number of benzene rings is 1. The van der Waals surface area contributed by atoms with Crippen LogP contribution in [-0.2, 0) is 23.9 Å². The first-order chi connectivity index (χ1) is 17.2. The molecule has 0 radical (unpaired) electrons. The number of hydrogen-bond donors (Lipinski definition) is 3.